The Morgan fingerprint density at radius 3 is 2.67 bits per heavy atom. The van der Waals surface area contributed by atoms with E-state index >= 15 is 0 Å². The summed E-state index contributed by atoms with van der Waals surface area (Å²) in [6.07, 6.45) is 3.86. The minimum Gasteiger partial charge on any atom is -0.342 e. The van der Waals surface area contributed by atoms with E-state index in [1.54, 1.807) is 9.58 Å². The summed E-state index contributed by atoms with van der Waals surface area (Å²) in [5, 5.41) is 9.31. The lowest BCUT2D eigenvalue weighted by atomic mass is 10.0. The average Bonchev–Trinajstić information content (AvgIpc) is 3.33. The second-order valence-electron chi connectivity index (χ2n) is 7.51. The van der Waals surface area contributed by atoms with Crippen LogP contribution in [-0.4, -0.2) is 44.3 Å². The Kier molecular flexibility index (Phi) is 5.35. The standard InChI is InChI=1S/C23H25N5O2/c1-5-6-12-27(3)23(29)17-13-19(18-14-28(4)25-15(18)2)24-22-20(17)21(26-30-22)16-10-8-7-9-11-16/h7-11,13-14H,5-6,12H2,1-4H3. The molecule has 1 amide bonds. The van der Waals surface area contributed by atoms with Crippen molar-refractivity contribution in [1.29, 1.82) is 0 Å². The average molecular weight is 403 g/mol. The van der Waals surface area contributed by atoms with E-state index in [9.17, 15) is 4.79 Å². The van der Waals surface area contributed by atoms with E-state index in [1.807, 2.05) is 63.6 Å². The predicted octanol–water partition coefficient (Wildman–Crippen LogP) is 4.47. The molecule has 0 saturated carbocycles. The van der Waals surface area contributed by atoms with Crippen molar-refractivity contribution in [2.24, 2.45) is 7.05 Å². The van der Waals surface area contributed by atoms with Gasteiger partial charge < -0.3 is 9.42 Å². The number of hydrogen-bond donors (Lipinski definition) is 0. The zero-order valence-electron chi connectivity index (χ0n) is 17.7. The minimum atomic E-state index is -0.0703. The van der Waals surface area contributed by atoms with Crippen LogP contribution >= 0.6 is 0 Å². The number of aromatic nitrogens is 4. The Labute approximate surface area is 175 Å². The van der Waals surface area contributed by atoms with Gasteiger partial charge in [-0.15, -0.1) is 0 Å². The third-order valence-electron chi connectivity index (χ3n) is 5.21. The molecule has 4 aromatic rings. The Morgan fingerprint density at radius 1 is 1.23 bits per heavy atom. The maximum Gasteiger partial charge on any atom is 0.259 e. The molecule has 0 aliphatic rings. The highest BCUT2D eigenvalue weighted by molar-refractivity contribution is 6.10. The Balaban J connectivity index is 1.93. The molecule has 1 aromatic carbocycles. The number of pyridine rings is 1. The van der Waals surface area contributed by atoms with Crippen molar-refractivity contribution in [2.75, 3.05) is 13.6 Å². The Bertz CT molecular complexity index is 1190. The molecule has 0 fully saturated rings. The lowest BCUT2D eigenvalue weighted by Crippen LogP contribution is -2.28. The van der Waals surface area contributed by atoms with Crippen LogP contribution in [0.15, 0.2) is 47.1 Å². The van der Waals surface area contributed by atoms with Crippen LogP contribution in [0.5, 0.6) is 0 Å². The molecule has 3 aromatic heterocycles. The van der Waals surface area contributed by atoms with Crippen LogP contribution in [-0.2, 0) is 7.05 Å². The number of fused-ring (bicyclic) bond motifs is 1. The van der Waals surface area contributed by atoms with Gasteiger partial charge in [-0.25, -0.2) is 4.98 Å². The normalized spacial score (nSPS) is 11.2. The lowest BCUT2D eigenvalue weighted by Gasteiger charge is -2.17. The van der Waals surface area contributed by atoms with E-state index in [2.05, 4.69) is 22.2 Å². The van der Waals surface area contributed by atoms with E-state index in [-0.39, 0.29) is 5.91 Å². The Morgan fingerprint density at radius 2 is 2.00 bits per heavy atom. The maximum absolute atomic E-state index is 13.4. The van der Waals surface area contributed by atoms with E-state index in [0.29, 0.717) is 34.6 Å². The molecule has 0 unspecified atom stereocenters. The molecule has 4 rings (SSSR count). The molecule has 0 radical (unpaired) electrons. The van der Waals surface area contributed by atoms with Crippen LogP contribution in [0.25, 0.3) is 33.6 Å². The minimum absolute atomic E-state index is 0.0703. The highest BCUT2D eigenvalue weighted by atomic mass is 16.5. The fourth-order valence-electron chi connectivity index (χ4n) is 3.60. The van der Waals surface area contributed by atoms with Gasteiger partial charge in [0.05, 0.1) is 22.3 Å². The van der Waals surface area contributed by atoms with Crippen LogP contribution in [0.4, 0.5) is 0 Å². The monoisotopic (exact) mass is 403 g/mol. The molecule has 0 N–H and O–H groups in total. The van der Waals surface area contributed by atoms with Gasteiger partial charge in [-0.1, -0.05) is 48.8 Å². The first kappa shape index (κ1) is 19.8. The second kappa shape index (κ2) is 8.10. The molecule has 7 heteroatoms. The highest BCUT2D eigenvalue weighted by Gasteiger charge is 2.24. The van der Waals surface area contributed by atoms with E-state index in [4.69, 9.17) is 4.52 Å². The molecule has 0 aliphatic carbocycles. The SMILES string of the molecule is CCCCN(C)C(=O)c1cc(-c2cn(C)nc2C)nc2onc(-c3ccccc3)c12. The molecule has 0 atom stereocenters. The highest BCUT2D eigenvalue weighted by Crippen LogP contribution is 2.33. The molecule has 0 saturated heterocycles. The van der Waals surface area contributed by atoms with Crippen LogP contribution in [0, 0.1) is 6.92 Å². The number of carbonyl (C=O) groups excluding carboxylic acids is 1. The van der Waals surface area contributed by atoms with Gasteiger partial charge in [-0.3, -0.25) is 9.48 Å². The van der Waals surface area contributed by atoms with Gasteiger partial charge in [0, 0.05) is 38.0 Å². The van der Waals surface area contributed by atoms with Crippen LogP contribution in [0.3, 0.4) is 0 Å². The zero-order valence-corrected chi connectivity index (χ0v) is 17.7. The molecule has 0 bridgehead atoms. The van der Waals surface area contributed by atoms with Crippen molar-refractivity contribution in [3.05, 3.63) is 53.9 Å². The van der Waals surface area contributed by atoms with E-state index < -0.39 is 0 Å². The fraction of sp³-hybridized carbons (Fsp3) is 0.304. The smallest absolute Gasteiger partial charge is 0.259 e. The Hall–Kier alpha value is -3.48. The summed E-state index contributed by atoms with van der Waals surface area (Å²) >= 11 is 0. The summed E-state index contributed by atoms with van der Waals surface area (Å²) in [7, 11) is 3.69. The van der Waals surface area contributed by atoms with Gasteiger partial charge in [0.2, 0.25) is 0 Å². The van der Waals surface area contributed by atoms with Crippen molar-refractivity contribution < 1.29 is 9.32 Å². The zero-order chi connectivity index (χ0) is 21.3. The van der Waals surface area contributed by atoms with Crippen LogP contribution < -0.4 is 0 Å². The number of amides is 1. The summed E-state index contributed by atoms with van der Waals surface area (Å²) in [5.74, 6) is -0.0703. The summed E-state index contributed by atoms with van der Waals surface area (Å²) in [5.41, 5.74) is 4.75. The van der Waals surface area contributed by atoms with Crippen molar-refractivity contribution in [3.63, 3.8) is 0 Å². The summed E-state index contributed by atoms with van der Waals surface area (Å²) in [6, 6.07) is 11.5. The molecule has 0 spiro atoms. The summed E-state index contributed by atoms with van der Waals surface area (Å²) < 4.78 is 7.34. The van der Waals surface area contributed by atoms with Crippen molar-refractivity contribution >= 4 is 17.0 Å². The number of hydrogen-bond acceptors (Lipinski definition) is 5. The summed E-state index contributed by atoms with van der Waals surface area (Å²) in [4.78, 5) is 19.9. The summed E-state index contributed by atoms with van der Waals surface area (Å²) in [6.45, 7) is 4.72. The van der Waals surface area contributed by atoms with Crippen molar-refractivity contribution in [2.45, 2.75) is 26.7 Å². The van der Waals surface area contributed by atoms with Gasteiger partial charge in [0.15, 0.2) is 0 Å². The largest absolute Gasteiger partial charge is 0.342 e. The lowest BCUT2D eigenvalue weighted by molar-refractivity contribution is 0.0795. The third kappa shape index (κ3) is 3.58. The number of aryl methyl sites for hydroxylation is 2. The number of unbranched alkanes of at least 4 members (excludes halogenated alkanes) is 1. The van der Waals surface area contributed by atoms with Crippen LogP contribution in [0.1, 0.15) is 35.8 Å². The van der Waals surface area contributed by atoms with Gasteiger partial charge in [0.1, 0.15) is 5.69 Å². The fourth-order valence-corrected chi connectivity index (χ4v) is 3.60. The molecule has 0 aliphatic heterocycles. The molecular formula is C23H25N5O2. The number of rotatable bonds is 6. The number of carbonyl (C=O) groups is 1. The van der Waals surface area contributed by atoms with Crippen LogP contribution in [0.2, 0.25) is 0 Å². The number of nitrogens with zero attached hydrogens (tertiary/aromatic N) is 5. The van der Waals surface area contributed by atoms with Gasteiger partial charge in [0.25, 0.3) is 11.6 Å². The maximum atomic E-state index is 13.4. The molecule has 30 heavy (non-hydrogen) atoms. The first-order valence-corrected chi connectivity index (χ1v) is 10.1. The molecular weight excluding hydrogens is 378 g/mol. The first-order valence-electron chi connectivity index (χ1n) is 10.1. The van der Waals surface area contributed by atoms with E-state index in [0.717, 1.165) is 29.7 Å². The third-order valence-corrected chi connectivity index (χ3v) is 5.21. The topological polar surface area (TPSA) is 77.0 Å². The molecule has 7 nitrogen and oxygen atoms in total. The van der Waals surface area contributed by atoms with E-state index in [1.165, 1.54) is 0 Å². The van der Waals surface area contributed by atoms with Crippen molar-refractivity contribution in [1.82, 2.24) is 24.8 Å². The molecule has 154 valence electrons. The quantitative estimate of drug-likeness (QED) is 0.475. The van der Waals surface area contributed by atoms with Gasteiger partial charge in [-0.05, 0) is 19.4 Å². The predicted molar refractivity (Wildman–Crippen MR) is 116 cm³/mol. The first-order chi connectivity index (χ1) is 14.5. The van der Waals surface area contributed by atoms with Crippen molar-refractivity contribution in [3.8, 4) is 22.5 Å². The second-order valence-corrected chi connectivity index (χ2v) is 7.51. The van der Waals surface area contributed by atoms with Gasteiger partial charge in [-0.2, -0.15) is 5.10 Å². The number of benzene rings is 1. The van der Waals surface area contributed by atoms with Gasteiger partial charge >= 0.3 is 0 Å². The molecule has 3 heterocycles.